The minimum Gasteiger partial charge on any atom is -0.302 e. The summed E-state index contributed by atoms with van der Waals surface area (Å²) in [7, 11) is -3.91. The van der Waals surface area contributed by atoms with Crippen LogP contribution >= 0.6 is 7.82 Å². The van der Waals surface area contributed by atoms with Crippen LogP contribution in [0.2, 0.25) is 0 Å². The molecular weight excluding hydrogens is 299 g/mol. The van der Waals surface area contributed by atoms with E-state index in [1.807, 2.05) is 0 Å². The van der Waals surface area contributed by atoms with Crippen LogP contribution < -0.4 is 0 Å². The lowest BCUT2D eigenvalue weighted by atomic mass is 9.88. The molecule has 4 nitrogen and oxygen atoms in total. The highest BCUT2D eigenvalue weighted by molar-refractivity contribution is 7.47. The van der Waals surface area contributed by atoms with Gasteiger partial charge in [-0.25, -0.2) is 4.57 Å². The lowest BCUT2D eigenvalue weighted by Crippen LogP contribution is -2.25. The van der Waals surface area contributed by atoms with Crippen molar-refractivity contribution in [1.82, 2.24) is 0 Å². The van der Waals surface area contributed by atoms with E-state index in [4.69, 9.17) is 9.05 Å². The molecule has 1 fully saturated rings. The molecule has 0 aromatic heterocycles. The van der Waals surface area contributed by atoms with Crippen molar-refractivity contribution < 1.29 is 18.5 Å². The van der Waals surface area contributed by atoms with E-state index in [9.17, 15) is 9.46 Å². The minimum atomic E-state index is -3.91. The van der Waals surface area contributed by atoms with Crippen molar-refractivity contribution >= 4 is 7.82 Å². The summed E-state index contributed by atoms with van der Waals surface area (Å²) in [5.41, 5.74) is 0. The molecule has 22 heavy (non-hydrogen) atoms. The molecular formula is C17H35O4P. The molecule has 0 radical (unpaired) electrons. The van der Waals surface area contributed by atoms with E-state index in [0.29, 0.717) is 18.4 Å². The van der Waals surface area contributed by atoms with E-state index < -0.39 is 7.82 Å². The van der Waals surface area contributed by atoms with Gasteiger partial charge in [0.2, 0.25) is 0 Å². The lowest BCUT2D eigenvalue weighted by molar-refractivity contribution is 0.0456. The van der Waals surface area contributed by atoms with Crippen LogP contribution in [0, 0.1) is 11.8 Å². The number of phosphoric acid groups is 1. The second-order valence-electron chi connectivity index (χ2n) is 6.79. The number of rotatable bonds is 11. The number of hydrogen-bond donors (Lipinski definition) is 1. The van der Waals surface area contributed by atoms with Crippen LogP contribution in [0.1, 0.15) is 85.0 Å². The summed E-state index contributed by atoms with van der Waals surface area (Å²) < 4.78 is 22.8. The van der Waals surface area contributed by atoms with E-state index in [1.165, 1.54) is 32.1 Å². The van der Waals surface area contributed by atoms with Gasteiger partial charge in [-0.15, -0.1) is 0 Å². The zero-order valence-corrected chi connectivity index (χ0v) is 15.5. The summed E-state index contributed by atoms with van der Waals surface area (Å²) >= 11 is 0. The van der Waals surface area contributed by atoms with E-state index in [1.54, 1.807) is 0 Å². The second-order valence-corrected chi connectivity index (χ2v) is 8.20. The first kappa shape index (κ1) is 20.2. The van der Waals surface area contributed by atoms with E-state index >= 15 is 0 Å². The fraction of sp³-hybridized carbons (Fsp3) is 1.00. The summed E-state index contributed by atoms with van der Waals surface area (Å²) in [4.78, 5) is 9.95. The minimum absolute atomic E-state index is 0.130. The van der Waals surface area contributed by atoms with Gasteiger partial charge in [0, 0.05) is 0 Å². The van der Waals surface area contributed by atoms with Crippen molar-refractivity contribution in [2.75, 3.05) is 6.61 Å². The first-order valence-electron chi connectivity index (χ1n) is 9.14. The van der Waals surface area contributed by atoms with Crippen LogP contribution in [0.4, 0.5) is 0 Å². The molecule has 1 rings (SSSR count). The smallest absolute Gasteiger partial charge is 0.302 e. The van der Waals surface area contributed by atoms with Crippen LogP contribution in [0.25, 0.3) is 0 Å². The maximum atomic E-state index is 12.1. The van der Waals surface area contributed by atoms with Gasteiger partial charge in [-0.05, 0) is 31.1 Å². The summed E-state index contributed by atoms with van der Waals surface area (Å²) in [5, 5.41) is 0. The zero-order chi connectivity index (χ0) is 16.4. The molecule has 0 aliphatic heterocycles. The predicted molar refractivity (Wildman–Crippen MR) is 90.8 cm³/mol. The van der Waals surface area contributed by atoms with Crippen molar-refractivity contribution in [1.29, 1.82) is 0 Å². The van der Waals surface area contributed by atoms with Crippen molar-refractivity contribution in [2.45, 2.75) is 91.1 Å². The van der Waals surface area contributed by atoms with Crippen LogP contribution in [0.3, 0.4) is 0 Å². The first-order valence-corrected chi connectivity index (χ1v) is 10.6. The van der Waals surface area contributed by atoms with Crippen molar-refractivity contribution in [3.05, 3.63) is 0 Å². The number of hydrogen-bond acceptors (Lipinski definition) is 3. The average molecular weight is 334 g/mol. The molecule has 5 heteroatoms. The number of phosphoric ester groups is 1. The highest BCUT2D eigenvalue weighted by Crippen LogP contribution is 2.48. The third-order valence-electron chi connectivity index (χ3n) is 4.82. The van der Waals surface area contributed by atoms with Gasteiger partial charge in [-0.3, -0.25) is 9.05 Å². The summed E-state index contributed by atoms with van der Waals surface area (Å²) in [6, 6.07) is 0. The highest BCUT2D eigenvalue weighted by atomic mass is 31.2. The Morgan fingerprint density at radius 1 is 1.18 bits per heavy atom. The molecule has 0 saturated heterocycles. The van der Waals surface area contributed by atoms with Crippen molar-refractivity contribution in [3.63, 3.8) is 0 Å². The van der Waals surface area contributed by atoms with Gasteiger partial charge in [-0.2, -0.15) is 0 Å². The average Bonchev–Trinajstić information content (AvgIpc) is 2.49. The maximum Gasteiger partial charge on any atom is 0.472 e. The third-order valence-corrected chi connectivity index (χ3v) is 5.83. The van der Waals surface area contributed by atoms with Crippen molar-refractivity contribution in [3.8, 4) is 0 Å². The summed E-state index contributed by atoms with van der Waals surface area (Å²) in [6.07, 6.45) is 11.0. The Morgan fingerprint density at radius 3 is 2.55 bits per heavy atom. The molecule has 1 aliphatic rings. The Morgan fingerprint density at radius 2 is 1.91 bits per heavy atom. The van der Waals surface area contributed by atoms with Gasteiger partial charge >= 0.3 is 7.82 Å². The van der Waals surface area contributed by atoms with Crippen LogP contribution in [-0.4, -0.2) is 17.6 Å². The summed E-state index contributed by atoms with van der Waals surface area (Å²) in [5.74, 6) is 0.693. The molecule has 132 valence electrons. The topological polar surface area (TPSA) is 55.8 Å². The molecule has 0 heterocycles. The monoisotopic (exact) mass is 334 g/mol. The lowest BCUT2D eigenvalue weighted by Gasteiger charge is -2.30. The van der Waals surface area contributed by atoms with Gasteiger partial charge < -0.3 is 4.89 Å². The van der Waals surface area contributed by atoms with Gasteiger partial charge in [0.15, 0.2) is 0 Å². The molecule has 0 amide bonds. The molecule has 0 bridgehead atoms. The summed E-state index contributed by atoms with van der Waals surface area (Å²) in [6.45, 7) is 6.73. The van der Waals surface area contributed by atoms with Crippen LogP contribution in [0.5, 0.6) is 0 Å². The Labute approximate surface area is 136 Å². The van der Waals surface area contributed by atoms with Gasteiger partial charge in [0.05, 0.1) is 12.7 Å². The molecule has 1 saturated carbocycles. The van der Waals surface area contributed by atoms with Gasteiger partial charge in [-0.1, -0.05) is 65.7 Å². The fourth-order valence-corrected chi connectivity index (χ4v) is 4.22. The third kappa shape index (κ3) is 8.10. The van der Waals surface area contributed by atoms with Crippen molar-refractivity contribution in [2.24, 2.45) is 11.8 Å². The largest absolute Gasteiger partial charge is 0.472 e. The Balaban J connectivity index is 2.31. The number of unbranched alkanes of at least 4 members (excludes halogenated alkanes) is 3. The normalized spacial score (nSPS) is 26.5. The fourth-order valence-electron chi connectivity index (χ4n) is 3.11. The van der Waals surface area contributed by atoms with Crippen LogP contribution in [0.15, 0.2) is 0 Å². The Hall–Kier alpha value is 0.110. The van der Waals surface area contributed by atoms with E-state index in [2.05, 4.69) is 20.8 Å². The Kier molecular flexibility index (Phi) is 9.90. The van der Waals surface area contributed by atoms with Gasteiger partial charge in [0.25, 0.3) is 0 Å². The first-order chi connectivity index (χ1) is 10.5. The quantitative estimate of drug-likeness (QED) is 0.389. The molecule has 1 aliphatic carbocycles. The molecule has 4 atom stereocenters. The Bertz CT molecular complexity index is 335. The van der Waals surface area contributed by atoms with Crippen LogP contribution in [-0.2, 0) is 13.6 Å². The molecule has 1 N–H and O–H groups in total. The SMILES string of the molecule is CCCCCCC(CC)COP(=O)(O)OC1CCCCC1C. The molecule has 0 spiro atoms. The van der Waals surface area contributed by atoms with E-state index in [0.717, 1.165) is 32.1 Å². The standard InChI is InChI=1S/C17H35O4P/c1-4-6-7-8-12-16(5-2)14-20-22(18,19)21-17-13-10-9-11-15(17)3/h15-17H,4-14H2,1-3H3,(H,18,19). The highest BCUT2D eigenvalue weighted by Gasteiger charge is 2.32. The second kappa shape index (κ2) is 10.8. The molecule has 0 aromatic rings. The maximum absolute atomic E-state index is 12.1. The van der Waals surface area contributed by atoms with Gasteiger partial charge in [0.1, 0.15) is 0 Å². The molecule has 0 aromatic carbocycles. The zero-order valence-electron chi connectivity index (χ0n) is 14.6. The predicted octanol–water partition coefficient (Wildman–Crippen LogP) is 5.70. The molecule has 4 unspecified atom stereocenters. The van der Waals surface area contributed by atoms with E-state index in [-0.39, 0.29) is 6.10 Å².